The van der Waals surface area contributed by atoms with E-state index < -0.39 is 0 Å². The molecule has 2 rings (SSSR count). The highest BCUT2D eigenvalue weighted by Crippen LogP contribution is 2.24. The third kappa shape index (κ3) is 2.13. The van der Waals surface area contributed by atoms with Gasteiger partial charge in [0.2, 0.25) is 0 Å². The Morgan fingerprint density at radius 2 is 2.20 bits per heavy atom. The first kappa shape index (κ1) is 10.1. The van der Waals surface area contributed by atoms with Crippen molar-refractivity contribution in [3.8, 4) is 0 Å². The predicted molar refractivity (Wildman–Crippen MR) is 62.6 cm³/mol. The fraction of sp³-hybridized carbons (Fsp3) is 0.333. The van der Waals surface area contributed by atoms with E-state index in [2.05, 4.69) is 19.2 Å². The van der Waals surface area contributed by atoms with Gasteiger partial charge in [-0.05, 0) is 18.2 Å². The highest BCUT2D eigenvalue weighted by Gasteiger charge is 2.05. The Balaban J connectivity index is 2.27. The second kappa shape index (κ2) is 3.95. The van der Waals surface area contributed by atoms with Gasteiger partial charge in [-0.3, -0.25) is 0 Å². The van der Waals surface area contributed by atoms with Crippen LogP contribution in [0.25, 0.3) is 11.0 Å². The molecule has 3 nitrogen and oxygen atoms in total. The van der Waals surface area contributed by atoms with Crippen molar-refractivity contribution < 1.29 is 4.42 Å². The Kier molecular flexibility index (Phi) is 2.64. The molecule has 0 spiro atoms. The van der Waals surface area contributed by atoms with E-state index >= 15 is 0 Å². The molecule has 0 fully saturated rings. The van der Waals surface area contributed by atoms with Crippen LogP contribution < -0.4 is 11.1 Å². The van der Waals surface area contributed by atoms with E-state index in [9.17, 15) is 0 Å². The van der Waals surface area contributed by atoms with Crippen molar-refractivity contribution in [1.82, 2.24) is 5.32 Å². The summed E-state index contributed by atoms with van der Waals surface area (Å²) in [6, 6.07) is 8.18. The molecule has 1 aromatic heterocycles. The molecule has 3 heteroatoms. The standard InChI is InChI=1S/C12H16N2O/c1-8(2)14-7-9-6-10-11(13)4-3-5-12(10)15-9/h3-6,8,14H,7,13H2,1-2H3. The maximum Gasteiger partial charge on any atom is 0.136 e. The van der Waals surface area contributed by atoms with Crippen molar-refractivity contribution in [2.45, 2.75) is 26.4 Å². The van der Waals surface area contributed by atoms with E-state index in [0.29, 0.717) is 6.04 Å². The van der Waals surface area contributed by atoms with Gasteiger partial charge in [0.25, 0.3) is 0 Å². The lowest BCUT2D eigenvalue weighted by Crippen LogP contribution is -2.21. The van der Waals surface area contributed by atoms with Gasteiger partial charge in [0.15, 0.2) is 0 Å². The van der Waals surface area contributed by atoms with Gasteiger partial charge in [0.1, 0.15) is 11.3 Å². The maximum absolute atomic E-state index is 5.85. The van der Waals surface area contributed by atoms with E-state index in [-0.39, 0.29) is 0 Å². The normalized spacial score (nSPS) is 11.4. The lowest BCUT2D eigenvalue weighted by atomic mass is 10.2. The molecule has 0 atom stereocenters. The van der Waals surface area contributed by atoms with Crippen LogP contribution in [0.2, 0.25) is 0 Å². The summed E-state index contributed by atoms with van der Waals surface area (Å²) in [6.45, 7) is 4.96. The molecule has 1 aromatic carbocycles. The van der Waals surface area contributed by atoms with E-state index in [4.69, 9.17) is 10.2 Å². The summed E-state index contributed by atoms with van der Waals surface area (Å²) in [6.07, 6.45) is 0. The summed E-state index contributed by atoms with van der Waals surface area (Å²) >= 11 is 0. The number of furan rings is 1. The number of nitrogen functional groups attached to an aromatic ring is 1. The molecule has 0 saturated heterocycles. The zero-order chi connectivity index (χ0) is 10.8. The second-order valence-electron chi connectivity index (χ2n) is 4.01. The topological polar surface area (TPSA) is 51.2 Å². The van der Waals surface area contributed by atoms with E-state index in [1.807, 2.05) is 24.3 Å². The molecule has 3 N–H and O–H groups in total. The molecule has 0 amide bonds. The minimum Gasteiger partial charge on any atom is -0.460 e. The Bertz CT molecular complexity index is 460. The van der Waals surface area contributed by atoms with Crippen molar-refractivity contribution in [2.75, 3.05) is 5.73 Å². The molecule has 0 bridgehead atoms. The smallest absolute Gasteiger partial charge is 0.136 e. The SMILES string of the molecule is CC(C)NCc1cc2c(N)cccc2o1. The van der Waals surface area contributed by atoms with Crippen LogP contribution in [0, 0.1) is 0 Å². The van der Waals surface area contributed by atoms with Gasteiger partial charge in [-0.25, -0.2) is 0 Å². The number of hydrogen-bond donors (Lipinski definition) is 2. The largest absolute Gasteiger partial charge is 0.460 e. The Morgan fingerprint density at radius 3 is 2.87 bits per heavy atom. The van der Waals surface area contributed by atoms with Gasteiger partial charge in [0, 0.05) is 17.1 Å². The van der Waals surface area contributed by atoms with E-state index in [1.165, 1.54) is 0 Å². The second-order valence-corrected chi connectivity index (χ2v) is 4.01. The number of fused-ring (bicyclic) bond motifs is 1. The minimum atomic E-state index is 0.454. The third-order valence-corrected chi connectivity index (χ3v) is 2.33. The first-order valence-electron chi connectivity index (χ1n) is 5.17. The maximum atomic E-state index is 5.85. The van der Waals surface area contributed by atoms with Crippen LogP contribution in [-0.2, 0) is 6.54 Å². The fourth-order valence-corrected chi connectivity index (χ4v) is 1.53. The zero-order valence-corrected chi connectivity index (χ0v) is 9.08. The Morgan fingerprint density at radius 1 is 1.40 bits per heavy atom. The Hall–Kier alpha value is -1.48. The summed E-state index contributed by atoms with van der Waals surface area (Å²) < 4.78 is 5.66. The number of nitrogens with two attached hydrogens (primary N) is 1. The van der Waals surface area contributed by atoms with Crippen LogP contribution in [0.5, 0.6) is 0 Å². The number of nitrogens with one attached hydrogen (secondary N) is 1. The van der Waals surface area contributed by atoms with Crippen LogP contribution in [0.1, 0.15) is 19.6 Å². The molecule has 0 aliphatic heterocycles. The highest BCUT2D eigenvalue weighted by molar-refractivity contribution is 5.89. The van der Waals surface area contributed by atoms with Gasteiger partial charge in [-0.1, -0.05) is 19.9 Å². The monoisotopic (exact) mass is 204 g/mol. The first-order valence-corrected chi connectivity index (χ1v) is 5.17. The van der Waals surface area contributed by atoms with E-state index in [1.54, 1.807) is 0 Å². The molecule has 0 aliphatic rings. The molecule has 1 heterocycles. The number of hydrogen-bond acceptors (Lipinski definition) is 3. The van der Waals surface area contributed by atoms with Crippen LogP contribution in [-0.4, -0.2) is 6.04 Å². The fourth-order valence-electron chi connectivity index (χ4n) is 1.53. The zero-order valence-electron chi connectivity index (χ0n) is 9.08. The average molecular weight is 204 g/mol. The number of benzene rings is 1. The van der Waals surface area contributed by atoms with Gasteiger partial charge in [-0.15, -0.1) is 0 Å². The van der Waals surface area contributed by atoms with Gasteiger partial charge in [-0.2, -0.15) is 0 Å². The minimum absolute atomic E-state index is 0.454. The molecule has 0 saturated carbocycles. The summed E-state index contributed by atoms with van der Waals surface area (Å²) in [5.41, 5.74) is 7.47. The number of anilines is 1. The van der Waals surface area contributed by atoms with Crippen LogP contribution >= 0.6 is 0 Å². The van der Waals surface area contributed by atoms with Crippen molar-refractivity contribution in [3.63, 3.8) is 0 Å². The summed E-state index contributed by atoms with van der Waals surface area (Å²) in [5.74, 6) is 0.927. The molecular weight excluding hydrogens is 188 g/mol. The van der Waals surface area contributed by atoms with E-state index in [0.717, 1.165) is 29.0 Å². The molecule has 80 valence electrons. The Labute approximate surface area is 89.3 Å². The molecule has 15 heavy (non-hydrogen) atoms. The first-order chi connectivity index (χ1) is 7.16. The molecule has 2 aromatic rings. The average Bonchev–Trinajstić information content (AvgIpc) is 2.59. The molecule has 0 unspecified atom stereocenters. The quantitative estimate of drug-likeness (QED) is 0.755. The van der Waals surface area contributed by atoms with Crippen LogP contribution in [0.4, 0.5) is 5.69 Å². The highest BCUT2D eigenvalue weighted by atomic mass is 16.3. The van der Waals surface area contributed by atoms with Crippen LogP contribution in [0.3, 0.4) is 0 Å². The third-order valence-electron chi connectivity index (χ3n) is 2.33. The summed E-state index contributed by atoms with van der Waals surface area (Å²) in [4.78, 5) is 0. The molecule has 0 aliphatic carbocycles. The lowest BCUT2D eigenvalue weighted by molar-refractivity contribution is 0.488. The predicted octanol–water partition coefficient (Wildman–Crippen LogP) is 2.51. The van der Waals surface area contributed by atoms with Gasteiger partial charge < -0.3 is 15.5 Å². The number of rotatable bonds is 3. The summed E-state index contributed by atoms with van der Waals surface area (Å²) in [7, 11) is 0. The van der Waals surface area contributed by atoms with Crippen molar-refractivity contribution in [1.29, 1.82) is 0 Å². The molecule has 0 radical (unpaired) electrons. The van der Waals surface area contributed by atoms with Crippen molar-refractivity contribution in [2.24, 2.45) is 0 Å². The van der Waals surface area contributed by atoms with Gasteiger partial charge >= 0.3 is 0 Å². The lowest BCUT2D eigenvalue weighted by Gasteiger charge is -2.04. The van der Waals surface area contributed by atoms with Crippen molar-refractivity contribution in [3.05, 3.63) is 30.0 Å². The van der Waals surface area contributed by atoms with Crippen LogP contribution in [0.15, 0.2) is 28.7 Å². The molecular formula is C12H16N2O. The van der Waals surface area contributed by atoms with Gasteiger partial charge in [0.05, 0.1) is 6.54 Å². The van der Waals surface area contributed by atoms with Crippen molar-refractivity contribution >= 4 is 16.7 Å². The summed E-state index contributed by atoms with van der Waals surface area (Å²) in [5, 5.41) is 4.31.